The van der Waals surface area contributed by atoms with Gasteiger partial charge in [0, 0.05) is 36.2 Å². The number of carbonyl (C=O) groups is 1. The minimum absolute atomic E-state index is 0.0425. The minimum atomic E-state index is -2.88. The number of aromatic nitrogens is 3. The number of likely N-dealkylation sites (tertiary alicyclic amines) is 1. The van der Waals surface area contributed by atoms with Gasteiger partial charge in [0.25, 0.3) is 0 Å². The molecule has 0 spiro atoms. The molecule has 1 aromatic carbocycles. The lowest BCUT2D eigenvalue weighted by Crippen LogP contribution is -2.44. The number of piperidine rings is 1. The van der Waals surface area contributed by atoms with Crippen molar-refractivity contribution in [2.75, 3.05) is 29.9 Å². The average Bonchev–Trinajstić information content (AvgIpc) is 3.28. The lowest BCUT2D eigenvalue weighted by molar-refractivity contribution is -0.121. The third-order valence-electron chi connectivity index (χ3n) is 7.12. The van der Waals surface area contributed by atoms with Gasteiger partial charge < -0.3 is 9.88 Å². The van der Waals surface area contributed by atoms with E-state index in [0.717, 1.165) is 81.1 Å². The predicted octanol–water partition coefficient (Wildman–Crippen LogP) is 2.51. The van der Waals surface area contributed by atoms with E-state index in [-0.39, 0.29) is 23.6 Å². The molecule has 2 aromatic rings. The number of hydrogen-bond donors (Lipinski definition) is 1. The molecule has 0 radical (unpaired) electrons. The van der Waals surface area contributed by atoms with Crippen LogP contribution in [0.1, 0.15) is 44.3 Å². The maximum absolute atomic E-state index is 12.9. The molecular weight excluding hydrogens is 426 g/mol. The molecule has 2 saturated heterocycles. The zero-order valence-corrected chi connectivity index (χ0v) is 19.2. The van der Waals surface area contributed by atoms with Gasteiger partial charge in [-0.3, -0.25) is 9.69 Å². The first-order valence-electron chi connectivity index (χ1n) is 11.8. The molecule has 1 atom stereocenters. The van der Waals surface area contributed by atoms with Gasteiger partial charge in [0.2, 0.25) is 5.91 Å². The number of aryl methyl sites for hydroxylation is 1. The fourth-order valence-electron chi connectivity index (χ4n) is 5.27. The van der Waals surface area contributed by atoms with E-state index in [4.69, 9.17) is 0 Å². The Morgan fingerprint density at radius 1 is 1.03 bits per heavy atom. The maximum atomic E-state index is 12.9. The van der Waals surface area contributed by atoms with E-state index in [1.807, 2.05) is 24.3 Å². The van der Waals surface area contributed by atoms with E-state index < -0.39 is 9.84 Å². The van der Waals surface area contributed by atoms with Crippen molar-refractivity contribution >= 4 is 21.4 Å². The molecule has 9 heteroatoms. The van der Waals surface area contributed by atoms with Crippen molar-refractivity contribution in [2.24, 2.45) is 5.92 Å². The summed E-state index contributed by atoms with van der Waals surface area (Å²) in [5, 5.41) is 11.9. The fourth-order valence-corrected chi connectivity index (χ4v) is 7.03. The third kappa shape index (κ3) is 4.59. The zero-order valence-electron chi connectivity index (χ0n) is 18.4. The smallest absolute Gasteiger partial charge is 0.227 e. The van der Waals surface area contributed by atoms with Crippen LogP contribution < -0.4 is 5.32 Å². The first-order chi connectivity index (χ1) is 15.5. The molecule has 0 saturated carbocycles. The van der Waals surface area contributed by atoms with Crippen molar-refractivity contribution in [2.45, 2.75) is 57.5 Å². The molecule has 3 aliphatic heterocycles. The number of nitrogens with one attached hydrogen (secondary N) is 1. The van der Waals surface area contributed by atoms with Crippen molar-refractivity contribution in [3.63, 3.8) is 0 Å². The van der Waals surface area contributed by atoms with Crippen LogP contribution in [-0.4, -0.2) is 64.6 Å². The SMILES string of the molecule is O=C(Nc1cccc(-c2nnc3n2CCCCC3)c1)C1CCN([C@H]2CCS(=O)(=O)C2)CC1. The molecule has 1 amide bonds. The molecule has 0 aliphatic carbocycles. The number of anilines is 1. The van der Waals surface area contributed by atoms with Gasteiger partial charge in [-0.2, -0.15) is 0 Å². The Kier molecular flexibility index (Phi) is 6.03. The summed E-state index contributed by atoms with van der Waals surface area (Å²) in [5.74, 6) is 2.48. The van der Waals surface area contributed by atoms with E-state index >= 15 is 0 Å². The van der Waals surface area contributed by atoms with Crippen LogP contribution in [0.3, 0.4) is 0 Å². The van der Waals surface area contributed by atoms with Crippen LogP contribution in [-0.2, 0) is 27.6 Å². The highest BCUT2D eigenvalue weighted by Gasteiger charge is 2.35. The van der Waals surface area contributed by atoms with Gasteiger partial charge in [-0.15, -0.1) is 10.2 Å². The fraction of sp³-hybridized carbons (Fsp3) is 0.609. The Labute approximate surface area is 189 Å². The van der Waals surface area contributed by atoms with Crippen LogP contribution in [0, 0.1) is 5.92 Å². The lowest BCUT2D eigenvalue weighted by atomic mass is 9.94. The second-order valence-corrected chi connectivity index (χ2v) is 11.6. The number of fused-ring (bicyclic) bond motifs is 1. The van der Waals surface area contributed by atoms with E-state index in [1.54, 1.807) is 0 Å². The maximum Gasteiger partial charge on any atom is 0.227 e. The van der Waals surface area contributed by atoms with E-state index in [2.05, 4.69) is 25.0 Å². The third-order valence-corrected chi connectivity index (χ3v) is 8.87. The van der Waals surface area contributed by atoms with Gasteiger partial charge in [-0.25, -0.2) is 8.42 Å². The molecule has 3 aliphatic rings. The van der Waals surface area contributed by atoms with E-state index in [9.17, 15) is 13.2 Å². The highest BCUT2D eigenvalue weighted by molar-refractivity contribution is 7.91. The molecule has 1 aromatic heterocycles. The molecular formula is C23H31N5O3S. The number of amides is 1. The molecule has 0 unspecified atom stereocenters. The van der Waals surface area contributed by atoms with Gasteiger partial charge in [-0.05, 0) is 57.3 Å². The molecule has 1 N–H and O–H groups in total. The second kappa shape index (κ2) is 8.94. The van der Waals surface area contributed by atoms with Gasteiger partial charge in [0.15, 0.2) is 15.7 Å². The number of hydrogen-bond acceptors (Lipinski definition) is 6. The summed E-state index contributed by atoms with van der Waals surface area (Å²) in [6, 6.07) is 8.00. The first kappa shape index (κ1) is 21.6. The Morgan fingerprint density at radius 2 is 1.88 bits per heavy atom. The quantitative estimate of drug-likeness (QED) is 0.758. The Morgan fingerprint density at radius 3 is 2.66 bits per heavy atom. The summed E-state index contributed by atoms with van der Waals surface area (Å²) in [6.45, 7) is 2.50. The van der Waals surface area contributed by atoms with Gasteiger partial charge in [0.1, 0.15) is 5.82 Å². The number of benzene rings is 1. The number of sulfone groups is 1. The van der Waals surface area contributed by atoms with Gasteiger partial charge in [-0.1, -0.05) is 18.6 Å². The monoisotopic (exact) mass is 457 g/mol. The van der Waals surface area contributed by atoms with Crippen LogP contribution >= 0.6 is 0 Å². The van der Waals surface area contributed by atoms with Crippen LogP contribution in [0.5, 0.6) is 0 Å². The highest BCUT2D eigenvalue weighted by atomic mass is 32.2. The van der Waals surface area contributed by atoms with E-state index in [0.29, 0.717) is 5.75 Å². The van der Waals surface area contributed by atoms with Crippen LogP contribution in [0.15, 0.2) is 24.3 Å². The largest absolute Gasteiger partial charge is 0.326 e. The van der Waals surface area contributed by atoms with Crippen LogP contribution in [0.25, 0.3) is 11.4 Å². The molecule has 8 nitrogen and oxygen atoms in total. The summed E-state index contributed by atoms with van der Waals surface area (Å²) >= 11 is 0. The Bertz CT molecular complexity index is 1090. The van der Waals surface area contributed by atoms with Gasteiger partial charge >= 0.3 is 0 Å². The Balaban J connectivity index is 1.21. The van der Waals surface area contributed by atoms with Crippen molar-refractivity contribution in [1.82, 2.24) is 19.7 Å². The van der Waals surface area contributed by atoms with Crippen LogP contribution in [0.2, 0.25) is 0 Å². The summed E-state index contributed by atoms with van der Waals surface area (Å²) in [7, 11) is -2.88. The molecule has 5 rings (SSSR count). The van der Waals surface area contributed by atoms with Crippen LogP contribution in [0.4, 0.5) is 5.69 Å². The lowest BCUT2D eigenvalue weighted by Gasteiger charge is -2.34. The molecule has 172 valence electrons. The number of carbonyl (C=O) groups excluding carboxylic acids is 1. The summed E-state index contributed by atoms with van der Waals surface area (Å²) in [4.78, 5) is 15.2. The molecule has 32 heavy (non-hydrogen) atoms. The molecule has 0 bridgehead atoms. The standard InChI is InChI=1S/C23H31N5O3S/c29-23(17-8-12-27(13-9-17)20-10-14-32(30,31)16-20)24-19-6-4-5-18(15-19)22-26-25-21-7-2-1-3-11-28(21)22/h4-6,15,17,20H,1-3,7-14,16H2,(H,24,29)/t20-/m0/s1. The van der Waals surface area contributed by atoms with Crippen molar-refractivity contribution in [1.29, 1.82) is 0 Å². The summed E-state index contributed by atoms with van der Waals surface area (Å²) in [6.07, 6.45) is 6.73. The minimum Gasteiger partial charge on any atom is -0.326 e. The zero-order chi connectivity index (χ0) is 22.1. The molecule has 4 heterocycles. The van der Waals surface area contributed by atoms with Crippen molar-refractivity contribution < 1.29 is 13.2 Å². The van der Waals surface area contributed by atoms with E-state index in [1.165, 1.54) is 6.42 Å². The summed E-state index contributed by atoms with van der Waals surface area (Å²) in [5.41, 5.74) is 1.75. The summed E-state index contributed by atoms with van der Waals surface area (Å²) < 4.78 is 25.8. The van der Waals surface area contributed by atoms with Crippen molar-refractivity contribution in [3.8, 4) is 11.4 Å². The second-order valence-electron chi connectivity index (χ2n) is 9.34. The topological polar surface area (TPSA) is 97.2 Å². The normalized spacial score (nSPS) is 24.1. The number of rotatable bonds is 4. The number of nitrogens with zero attached hydrogens (tertiary/aromatic N) is 4. The van der Waals surface area contributed by atoms with Crippen molar-refractivity contribution in [3.05, 3.63) is 30.1 Å². The highest BCUT2D eigenvalue weighted by Crippen LogP contribution is 2.27. The molecule has 2 fully saturated rings. The predicted molar refractivity (Wildman–Crippen MR) is 123 cm³/mol. The Hall–Kier alpha value is -2.26. The average molecular weight is 458 g/mol. The first-order valence-corrected chi connectivity index (χ1v) is 13.6. The van der Waals surface area contributed by atoms with Gasteiger partial charge in [0.05, 0.1) is 11.5 Å².